The Morgan fingerprint density at radius 3 is 2.10 bits per heavy atom. The van der Waals surface area contributed by atoms with E-state index in [4.69, 9.17) is 44.3 Å². The second-order valence-electron chi connectivity index (χ2n) is 12.9. The van der Waals surface area contributed by atoms with E-state index < -0.39 is 16.0 Å². The van der Waals surface area contributed by atoms with Crippen LogP contribution >= 0.6 is 34.8 Å². The van der Waals surface area contributed by atoms with Crippen LogP contribution in [0.3, 0.4) is 0 Å². The minimum Gasteiger partial charge on any atom is -0.392 e. The first-order chi connectivity index (χ1) is 23.7. The van der Waals surface area contributed by atoms with Gasteiger partial charge in [0.15, 0.2) is 6.29 Å². The third-order valence-corrected chi connectivity index (χ3v) is 9.94. The topological polar surface area (TPSA) is 74.3 Å². The van der Waals surface area contributed by atoms with E-state index in [0.717, 1.165) is 72.6 Å². The van der Waals surface area contributed by atoms with Crippen molar-refractivity contribution in [2.24, 2.45) is 5.92 Å². The molecule has 6 rings (SSSR count). The fourth-order valence-electron chi connectivity index (χ4n) is 6.53. The number of aliphatic hydroxyl groups excluding tert-OH is 1. The summed E-state index contributed by atoms with van der Waals surface area (Å²) in [5, 5.41) is 12.3. The lowest BCUT2D eigenvalue weighted by Gasteiger charge is -2.44. The Kier molecular flexibility index (Phi) is 12.0. The van der Waals surface area contributed by atoms with E-state index >= 15 is 0 Å². The summed E-state index contributed by atoms with van der Waals surface area (Å²) in [6.45, 7) is 8.27. The number of hydrogen-bond donors (Lipinski definition) is 2. The van der Waals surface area contributed by atoms with Crippen LogP contribution in [0.25, 0.3) is 11.1 Å². The summed E-state index contributed by atoms with van der Waals surface area (Å²) in [5.74, 6) is -0.553. The molecular weight excluding hydrogens is 681 g/mol. The van der Waals surface area contributed by atoms with Gasteiger partial charge in [0.05, 0.1) is 18.8 Å². The molecule has 4 atom stereocenters. The smallest absolute Gasteiger partial charge is 0.272 e. The van der Waals surface area contributed by atoms with Gasteiger partial charge in [0.1, 0.15) is 0 Å². The molecule has 0 bridgehead atoms. The third kappa shape index (κ3) is 9.43. The van der Waals surface area contributed by atoms with Gasteiger partial charge in [0.2, 0.25) is 0 Å². The zero-order chi connectivity index (χ0) is 34.4. The first-order valence-corrected chi connectivity index (χ1v) is 17.8. The molecule has 1 amide bonds. The molecule has 7 nitrogen and oxygen atoms in total. The van der Waals surface area contributed by atoms with Gasteiger partial charge in [-0.3, -0.25) is 14.6 Å². The molecule has 0 aromatic heterocycles. The highest BCUT2D eigenvalue weighted by Gasteiger charge is 2.39. The van der Waals surface area contributed by atoms with Crippen LogP contribution in [0.1, 0.15) is 47.1 Å². The fourth-order valence-corrected chi connectivity index (χ4v) is 6.73. The molecular formula is C39H42Cl3N3O4. The number of benzene rings is 4. The lowest BCUT2D eigenvalue weighted by Crippen LogP contribution is -2.51. The van der Waals surface area contributed by atoms with Crippen LogP contribution in [0.2, 0.25) is 0 Å². The number of amides is 1. The second-order valence-corrected chi connectivity index (χ2v) is 15.2. The van der Waals surface area contributed by atoms with Crippen LogP contribution in [-0.4, -0.2) is 63.4 Å². The van der Waals surface area contributed by atoms with Crippen molar-refractivity contribution in [1.29, 1.82) is 0 Å². The Hall–Kier alpha value is -2.98. The van der Waals surface area contributed by atoms with Gasteiger partial charge in [0, 0.05) is 57.3 Å². The van der Waals surface area contributed by atoms with E-state index in [1.807, 2.05) is 36.4 Å². The van der Waals surface area contributed by atoms with Crippen molar-refractivity contribution >= 4 is 40.7 Å². The van der Waals surface area contributed by atoms with Gasteiger partial charge in [-0.15, -0.1) is 0 Å². The number of rotatable bonds is 10. The lowest BCUT2D eigenvalue weighted by atomic mass is 9.89. The van der Waals surface area contributed by atoms with Gasteiger partial charge in [-0.2, -0.15) is 0 Å². The Morgan fingerprint density at radius 2 is 1.43 bits per heavy atom. The summed E-state index contributed by atoms with van der Waals surface area (Å²) in [6.07, 6.45) is -0.753. The number of carbonyl (C=O) groups excluding carboxylic acids is 1. The zero-order valence-corrected chi connectivity index (χ0v) is 29.7. The van der Waals surface area contributed by atoms with E-state index in [0.29, 0.717) is 0 Å². The quantitative estimate of drug-likeness (QED) is 0.166. The molecule has 258 valence electrons. The first-order valence-electron chi connectivity index (χ1n) is 16.7. The Morgan fingerprint density at radius 1 is 0.776 bits per heavy atom. The molecule has 2 fully saturated rings. The number of ether oxygens (including phenoxy) is 2. The molecule has 10 heteroatoms. The van der Waals surface area contributed by atoms with Crippen LogP contribution < -0.4 is 5.32 Å². The highest BCUT2D eigenvalue weighted by atomic mass is 35.6. The van der Waals surface area contributed by atoms with Crippen molar-refractivity contribution in [1.82, 2.24) is 15.1 Å². The monoisotopic (exact) mass is 721 g/mol. The normalized spacial score (nSPS) is 22.1. The summed E-state index contributed by atoms with van der Waals surface area (Å²) >= 11 is 17.1. The van der Waals surface area contributed by atoms with Crippen molar-refractivity contribution < 1.29 is 19.4 Å². The van der Waals surface area contributed by atoms with Gasteiger partial charge in [0.25, 0.3) is 9.70 Å². The molecule has 0 unspecified atom stereocenters. The first kappa shape index (κ1) is 35.8. The van der Waals surface area contributed by atoms with Crippen molar-refractivity contribution in [3.8, 4) is 11.1 Å². The number of halogens is 3. The molecule has 0 aliphatic carbocycles. The zero-order valence-electron chi connectivity index (χ0n) is 27.5. The molecule has 0 spiro atoms. The van der Waals surface area contributed by atoms with Gasteiger partial charge >= 0.3 is 0 Å². The predicted octanol–water partition coefficient (Wildman–Crippen LogP) is 7.44. The van der Waals surface area contributed by atoms with Crippen LogP contribution in [0, 0.1) is 5.92 Å². The lowest BCUT2D eigenvalue weighted by molar-refractivity contribution is -0.276. The number of piperazine rings is 1. The number of carbonyl (C=O) groups is 1. The molecule has 2 aliphatic heterocycles. The summed E-state index contributed by atoms with van der Waals surface area (Å²) in [4.78, 5) is 17.0. The molecule has 0 radical (unpaired) electrons. The van der Waals surface area contributed by atoms with E-state index in [1.54, 1.807) is 0 Å². The predicted molar refractivity (Wildman–Crippen MR) is 195 cm³/mol. The number of nitrogens with zero attached hydrogens (tertiary/aromatic N) is 2. The molecule has 2 saturated heterocycles. The van der Waals surface area contributed by atoms with E-state index in [1.165, 1.54) is 5.56 Å². The molecule has 0 saturated carbocycles. The maximum absolute atomic E-state index is 12.0. The Bertz CT molecular complexity index is 1660. The molecule has 4 aromatic rings. The summed E-state index contributed by atoms with van der Waals surface area (Å²) in [5.41, 5.74) is 7.14. The van der Waals surface area contributed by atoms with E-state index in [2.05, 4.69) is 88.8 Å². The second kappa shape index (κ2) is 16.4. The number of nitrogens with one attached hydrogen (secondary N) is 1. The van der Waals surface area contributed by atoms with Crippen molar-refractivity contribution in [3.05, 3.63) is 131 Å². The highest BCUT2D eigenvalue weighted by Crippen LogP contribution is 2.42. The SMILES string of the molecule is C[C@@H]1[C@H](CN2CCN(Cc3ccccc3)CC2)O[C@H](c2ccc(-c3cccc(CNC(=O)C(Cl)(Cl)Cl)c3)cc2)O[C@@H]1c1ccc(CO)cc1. The van der Waals surface area contributed by atoms with E-state index in [9.17, 15) is 9.90 Å². The van der Waals surface area contributed by atoms with E-state index in [-0.39, 0.29) is 31.3 Å². The average Bonchev–Trinajstić information content (AvgIpc) is 3.12. The van der Waals surface area contributed by atoms with Crippen molar-refractivity contribution in [3.63, 3.8) is 0 Å². The molecule has 49 heavy (non-hydrogen) atoms. The maximum Gasteiger partial charge on any atom is 0.272 e. The average molecular weight is 723 g/mol. The van der Waals surface area contributed by atoms with Gasteiger partial charge in [-0.05, 0) is 39.4 Å². The molecule has 2 aliphatic rings. The minimum absolute atomic E-state index is 0.00478. The van der Waals surface area contributed by atoms with Crippen LogP contribution in [0.4, 0.5) is 0 Å². The maximum atomic E-state index is 12.0. The summed E-state index contributed by atoms with van der Waals surface area (Å²) in [6, 6.07) is 34.8. The van der Waals surface area contributed by atoms with Crippen molar-refractivity contribution in [2.75, 3.05) is 32.7 Å². The molecule has 2 N–H and O–H groups in total. The largest absolute Gasteiger partial charge is 0.392 e. The van der Waals surface area contributed by atoms with Crippen LogP contribution in [-0.2, 0) is 34.0 Å². The Balaban J connectivity index is 1.15. The Labute approximate surface area is 303 Å². The summed E-state index contributed by atoms with van der Waals surface area (Å²) < 4.78 is 11.5. The summed E-state index contributed by atoms with van der Waals surface area (Å²) in [7, 11) is 0. The van der Waals surface area contributed by atoms with Gasteiger partial charge in [-0.25, -0.2) is 0 Å². The number of hydrogen-bond acceptors (Lipinski definition) is 6. The van der Waals surface area contributed by atoms with Gasteiger partial charge < -0.3 is 19.9 Å². The van der Waals surface area contributed by atoms with Gasteiger partial charge in [-0.1, -0.05) is 139 Å². The minimum atomic E-state index is -2.01. The number of alkyl halides is 3. The fraction of sp³-hybridized carbons (Fsp3) is 0.359. The molecule has 4 aromatic carbocycles. The van der Waals surface area contributed by atoms with Crippen LogP contribution in [0.5, 0.6) is 0 Å². The standard InChI is InChI=1S/C39H42Cl3N3O4/c1-27-35(25-45-20-18-44(19-21-45)24-28-6-3-2-4-7-28)48-37(49-36(27)32-12-10-29(26-46)11-13-32)33-16-14-31(15-17-33)34-9-5-8-30(22-34)23-43-38(47)39(40,41)42/h2-17,22,27,35-37,46H,18-21,23-26H2,1H3,(H,43,47)/t27-,35+,36+,37+/m1/s1. The number of aliphatic hydroxyl groups is 1. The third-order valence-electron chi connectivity index (χ3n) is 9.43. The highest BCUT2D eigenvalue weighted by molar-refractivity contribution is 6.76. The van der Waals surface area contributed by atoms with Crippen LogP contribution in [0.15, 0.2) is 103 Å². The molecule has 2 heterocycles. The van der Waals surface area contributed by atoms with Crippen molar-refractivity contribution in [2.45, 2.75) is 48.9 Å².